The Balaban J connectivity index is 2.62. The summed E-state index contributed by atoms with van der Waals surface area (Å²) in [6, 6.07) is 1.35. The van der Waals surface area contributed by atoms with Gasteiger partial charge >= 0.3 is 5.97 Å². The molecule has 15 heavy (non-hydrogen) atoms. The summed E-state index contributed by atoms with van der Waals surface area (Å²) in [7, 11) is 0. The van der Waals surface area contributed by atoms with E-state index in [0.29, 0.717) is 10.9 Å². The van der Waals surface area contributed by atoms with Gasteiger partial charge in [-0.15, -0.1) is 0 Å². The van der Waals surface area contributed by atoms with E-state index in [-0.39, 0.29) is 18.2 Å². The van der Waals surface area contributed by atoms with Gasteiger partial charge in [0.05, 0.1) is 0 Å². The van der Waals surface area contributed by atoms with Crippen LogP contribution in [0.5, 0.6) is 0 Å². The molecule has 0 aliphatic heterocycles. The fourth-order valence-electron chi connectivity index (χ4n) is 0.799. The average Bonchev–Trinajstić information content (AvgIpc) is 2.26. The second-order valence-electron chi connectivity index (χ2n) is 3.13. The standard InChI is InChI=1S/C9H12N2O3S/c1-6(4-12)5-15-9-10-3-2-7(11-9)8(13)14/h2-3,6,12H,4-5H2,1H3,(H,13,14). The van der Waals surface area contributed by atoms with Gasteiger partial charge in [0.15, 0.2) is 10.9 Å². The first kappa shape index (κ1) is 11.9. The number of aliphatic hydroxyl groups is 1. The molecule has 2 N–H and O–H groups in total. The van der Waals surface area contributed by atoms with Crippen molar-refractivity contribution >= 4 is 17.7 Å². The van der Waals surface area contributed by atoms with Crippen LogP contribution in [0, 0.1) is 5.92 Å². The lowest BCUT2D eigenvalue weighted by Crippen LogP contribution is -2.05. The van der Waals surface area contributed by atoms with Crippen LogP contribution in [0.4, 0.5) is 0 Å². The molecule has 1 aromatic rings. The van der Waals surface area contributed by atoms with Crippen molar-refractivity contribution in [2.45, 2.75) is 12.1 Å². The zero-order valence-corrected chi connectivity index (χ0v) is 9.07. The van der Waals surface area contributed by atoms with Gasteiger partial charge in [-0.2, -0.15) is 0 Å². The smallest absolute Gasteiger partial charge is 0.354 e. The number of hydrogen-bond donors (Lipinski definition) is 2. The largest absolute Gasteiger partial charge is 0.477 e. The predicted octanol–water partition coefficient (Wildman–Crippen LogP) is 0.895. The fraction of sp³-hybridized carbons (Fsp3) is 0.444. The van der Waals surface area contributed by atoms with E-state index in [1.54, 1.807) is 0 Å². The number of aromatic carboxylic acids is 1. The molecule has 0 radical (unpaired) electrons. The van der Waals surface area contributed by atoms with Gasteiger partial charge in [0.2, 0.25) is 0 Å². The number of carboxylic acid groups (broad SMARTS) is 1. The predicted molar refractivity (Wildman–Crippen MR) is 56.0 cm³/mol. The van der Waals surface area contributed by atoms with Crippen molar-refractivity contribution in [2.24, 2.45) is 5.92 Å². The lowest BCUT2D eigenvalue weighted by atomic mass is 10.2. The van der Waals surface area contributed by atoms with Gasteiger partial charge in [0, 0.05) is 18.6 Å². The Labute approximate surface area is 91.6 Å². The highest BCUT2D eigenvalue weighted by molar-refractivity contribution is 7.99. The molecule has 5 nitrogen and oxygen atoms in total. The van der Waals surface area contributed by atoms with Gasteiger partial charge in [0.1, 0.15) is 0 Å². The number of rotatable bonds is 5. The third-order valence-electron chi connectivity index (χ3n) is 1.66. The summed E-state index contributed by atoms with van der Waals surface area (Å²) in [4.78, 5) is 18.4. The van der Waals surface area contributed by atoms with Crippen molar-refractivity contribution < 1.29 is 15.0 Å². The van der Waals surface area contributed by atoms with Gasteiger partial charge in [-0.05, 0) is 12.0 Å². The number of carboxylic acids is 1. The Morgan fingerprint density at radius 1 is 1.67 bits per heavy atom. The summed E-state index contributed by atoms with van der Waals surface area (Å²) in [6.45, 7) is 2.00. The lowest BCUT2D eigenvalue weighted by molar-refractivity contribution is 0.0689. The molecule has 0 bridgehead atoms. The fourth-order valence-corrected chi connectivity index (χ4v) is 1.64. The van der Waals surface area contributed by atoms with E-state index in [1.165, 1.54) is 24.0 Å². The van der Waals surface area contributed by atoms with E-state index in [2.05, 4.69) is 9.97 Å². The van der Waals surface area contributed by atoms with E-state index in [0.717, 1.165) is 0 Å². The number of nitrogens with zero attached hydrogens (tertiary/aromatic N) is 2. The second kappa shape index (κ2) is 5.67. The molecule has 6 heteroatoms. The minimum absolute atomic E-state index is 0.0100. The van der Waals surface area contributed by atoms with E-state index < -0.39 is 5.97 Å². The molecule has 82 valence electrons. The van der Waals surface area contributed by atoms with E-state index in [9.17, 15) is 4.79 Å². The molecule has 1 heterocycles. The van der Waals surface area contributed by atoms with Gasteiger partial charge < -0.3 is 10.2 Å². The molecule has 0 spiro atoms. The van der Waals surface area contributed by atoms with Crippen LogP contribution in [0.15, 0.2) is 17.4 Å². The minimum atomic E-state index is -1.06. The maximum atomic E-state index is 10.6. The number of thioether (sulfide) groups is 1. The molecule has 0 aliphatic rings. The van der Waals surface area contributed by atoms with Crippen LogP contribution in [0.2, 0.25) is 0 Å². The van der Waals surface area contributed by atoms with Gasteiger partial charge in [-0.25, -0.2) is 14.8 Å². The zero-order valence-electron chi connectivity index (χ0n) is 8.25. The first-order valence-electron chi connectivity index (χ1n) is 4.43. The molecule has 0 aromatic carbocycles. The van der Waals surface area contributed by atoms with Crippen LogP contribution < -0.4 is 0 Å². The molecule has 0 saturated heterocycles. The highest BCUT2D eigenvalue weighted by atomic mass is 32.2. The number of aliphatic hydroxyl groups excluding tert-OH is 1. The van der Waals surface area contributed by atoms with Crippen LogP contribution in [-0.2, 0) is 0 Å². The Bertz CT molecular complexity index is 346. The van der Waals surface area contributed by atoms with Crippen molar-refractivity contribution in [3.63, 3.8) is 0 Å². The SMILES string of the molecule is CC(CO)CSc1nccc(C(=O)O)n1. The highest BCUT2D eigenvalue weighted by Gasteiger charge is 2.08. The van der Waals surface area contributed by atoms with Crippen molar-refractivity contribution in [3.8, 4) is 0 Å². The van der Waals surface area contributed by atoms with Crippen molar-refractivity contribution in [2.75, 3.05) is 12.4 Å². The zero-order chi connectivity index (χ0) is 11.3. The first-order chi connectivity index (χ1) is 7.13. The lowest BCUT2D eigenvalue weighted by Gasteiger charge is -2.05. The Morgan fingerprint density at radius 3 is 3.00 bits per heavy atom. The molecular weight excluding hydrogens is 216 g/mol. The van der Waals surface area contributed by atoms with Crippen LogP contribution in [0.1, 0.15) is 17.4 Å². The van der Waals surface area contributed by atoms with Gasteiger partial charge in [0.25, 0.3) is 0 Å². The molecule has 0 amide bonds. The summed E-state index contributed by atoms with van der Waals surface area (Å²) in [5, 5.41) is 17.9. The summed E-state index contributed by atoms with van der Waals surface area (Å²) in [5.74, 6) is -0.249. The van der Waals surface area contributed by atoms with E-state index >= 15 is 0 Å². The Kier molecular flexibility index (Phi) is 4.51. The second-order valence-corrected chi connectivity index (χ2v) is 4.12. The number of hydrogen-bond acceptors (Lipinski definition) is 5. The van der Waals surface area contributed by atoms with Crippen LogP contribution in [0.3, 0.4) is 0 Å². The van der Waals surface area contributed by atoms with Crippen molar-refractivity contribution in [1.82, 2.24) is 9.97 Å². The van der Waals surface area contributed by atoms with Crippen molar-refractivity contribution in [3.05, 3.63) is 18.0 Å². The summed E-state index contributed by atoms with van der Waals surface area (Å²) in [6.07, 6.45) is 1.42. The highest BCUT2D eigenvalue weighted by Crippen LogP contribution is 2.16. The maximum absolute atomic E-state index is 10.6. The van der Waals surface area contributed by atoms with E-state index in [4.69, 9.17) is 10.2 Å². The van der Waals surface area contributed by atoms with Gasteiger partial charge in [-0.3, -0.25) is 0 Å². The summed E-state index contributed by atoms with van der Waals surface area (Å²) < 4.78 is 0. The maximum Gasteiger partial charge on any atom is 0.354 e. The monoisotopic (exact) mass is 228 g/mol. The normalized spacial score (nSPS) is 12.4. The molecule has 0 fully saturated rings. The average molecular weight is 228 g/mol. The molecule has 1 rings (SSSR count). The number of carbonyl (C=O) groups is 1. The topological polar surface area (TPSA) is 83.3 Å². The van der Waals surface area contributed by atoms with Crippen LogP contribution >= 0.6 is 11.8 Å². The summed E-state index contributed by atoms with van der Waals surface area (Å²) >= 11 is 1.34. The quantitative estimate of drug-likeness (QED) is 0.575. The summed E-state index contributed by atoms with van der Waals surface area (Å²) in [5.41, 5.74) is -0.0100. The third kappa shape index (κ3) is 3.85. The first-order valence-corrected chi connectivity index (χ1v) is 5.42. The van der Waals surface area contributed by atoms with E-state index in [1.807, 2.05) is 6.92 Å². The Morgan fingerprint density at radius 2 is 2.40 bits per heavy atom. The molecule has 1 unspecified atom stereocenters. The third-order valence-corrected chi connectivity index (χ3v) is 2.85. The molecular formula is C9H12N2O3S. The molecule has 0 aliphatic carbocycles. The van der Waals surface area contributed by atoms with Crippen molar-refractivity contribution in [1.29, 1.82) is 0 Å². The number of aromatic nitrogens is 2. The molecule has 0 saturated carbocycles. The molecule has 1 atom stereocenters. The van der Waals surface area contributed by atoms with Crippen LogP contribution in [-0.4, -0.2) is 38.5 Å². The Hall–Kier alpha value is -1.14. The van der Waals surface area contributed by atoms with Crippen LogP contribution in [0.25, 0.3) is 0 Å². The van der Waals surface area contributed by atoms with Gasteiger partial charge in [-0.1, -0.05) is 18.7 Å². The minimum Gasteiger partial charge on any atom is -0.477 e. The molecule has 1 aromatic heterocycles.